The summed E-state index contributed by atoms with van der Waals surface area (Å²) in [6, 6.07) is 18.0. The molecule has 0 aliphatic heterocycles. The van der Waals surface area contributed by atoms with Gasteiger partial charge in [-0.2, -0.15) is 5.26 Å². The Hall–Kier alpha value is -2.12. The second-order valence-electron chi connectivity index (χ2n) is 4.22. The maximum atomic E-state index is 9.38. The Bertz CT molecular complexity index is 769. The summed E-state index contributed by atoms with van der Waals surface area (Å²) in [6.45, 7) is 0. The zero-order valence-corrected chi connectivity index (χ0v) is 11.6. The topological polar surface area (TPSA) is 41.1 Å². The quantitative estimate of drug-likeness (QED) is 0.679. The Balaban J connectivity index is 2.15. The van der Waals surface area contributed by atoms with Gasteiger partial charge in [-0.1, -0.05) is 36.4 Å². The minimum Gasteiger partial charge on any atom is -0.278 e. The van der Waals surface area contributed by atoms with Crippen LogP contribution >= 0.6 is 15.9 Å². The predicted octanol–water partition coefficient (Wildman–Crippen LogP) is 3.56. The standard InChI is InChI=1S/C15H10BrN3/c16-14-7-4-8-15-18-12(13(10-17)19(14)15)9-11-5-2-1-3-6-11/h1-8H,9H2. The number of fused-ring (bicyclic) bond motifs is 1. The number of nitriles is 1. The minimum atomic E-state index is 0.589. The van der Waals surface area contributed by atoms with E-state index < -0.39 is 0 Å². The first-order valence-electron chi connectivity index (χ1n) is 5.89. The molecule has 0 bridgehead atoms. The Morgan fingerprint density at radius 3 is 2.63 bits per heavy atom. The number of rotatable bonds is 2. The van der Waals surface area contributed by atoms with Gasteiger partial charge >= 0.3 is 0 Å². The summed E-state index contributed by atoms with van der Waals surface area (Å²) in [5.41, 5.74) is 3.34. The fraction of sp³-hybridized carbons (Fsp3) is 0.0667. The third-order valence-corrected chi connectivity index (χ3v) is 3.61. The summed E-state index contributed by atoms with van der Waals surface area (Å²) < 4.78 is 2.67. The van der Waals surface area contributed by atoms with Crippen molar-refractivity contribution in [2.45, 2.75) is 6.42 Å². The lowest BCUT2D eigenvalue weighted by Gasteiger charge is -1.99. The fourth-order valence-electron chi connectivity index (χ4n) is 2.13. The zero-order chi connectivity index (χ0) is 13.2. The summed E-state index contributed by atoms with van der Waals surface area (Å²) in [7, 11) is 0. The van der Waals surface area contributed by atoms with Gasteiger partial charge in [0.1, 0.15) is 17.4 Å². The van der Waals surface area contributed by atoms with Gasteiger partial charge in [-0.3, -0.25) is 4.40 Å². The van der Waals surface area contributed by atoms with Crippen molar-refractivity contribution in [1.82, 2.24) is 9.38 Å². The first kappa shape index (κ1) is 11.9. The van der Waals surface area contributed by atoms with Gasteiger partial charge in [0.2, 0.25) is 0 Å². The van der Waals surface area contributed by atoms with Crippen LogP contribution in [0.2, 0.25) is 0 Å². The minimum absolute atomic E-state index is 0.589. The largest absolute Gasteiger partial charge is 0.278 e. The van der Waals surface area contributed by atoms with Crippen LogP contribution in [0.4, 0.5) is 0 Å². The molecule has 3 rings (SSSR count). The number of pyridine rings is 1. The molecule has 0 radical (unpaired) electrons. The van der Waals surface area contributed by atoms with Gasteiger partial charge < -0.3 is 0 Å². The summed E-state index contributed by atoms with van der Waals surface area (Å²) in [4.78, 5) is 4.55. The molecule has 0 spiro atoms. The fourth-order valence-corrected chi connectivity index (χ4v) is 2.64. The van der Waals surface area contributed by atoms with Crippen LogP contribution in [0, 0.1) is 11.3 Å². The second kappa shape index (κ2) is 4.87. The van der Waals surface area contributed by atoms with E-state index in [-0.39, 0.29) is 0 Å². The van der Waals surface area contributed by atoms with E-state index in [1.165, 1.54) is 0 Å². The summed E-state index contributed by atoms with van der Waals surface area (Å²) in [6.07, 6.45) is 0.665. The molecule has 2 aromatic heterocycles. The smallest absolute Gasteiger partial charge is 0.149 e. The normalized spacial score (nSPS) is 10.5. The van der Waals surface area contributed by atoms with Crippen LogP contribution in [0.1, 0.15) is 17.0 Å². The number of benzene rings is 1. The molecule has 0 saturated heterocycles. The van der Waals surface area contributed by atoms with Gasteiger partial charge in [0.05, 0.1) is 10.3 Å². The first-order chi connectivity index (χ1) is 9.29. The number of halogens is 1. The van der Waals surface area contributed by atoms with Crippen molar-refractivity contribution in [3.05, 3.63) is 70.1 Å². The van der Waals surface area contributed by atoms with Crippen molar-refractivity contribution in [1.29, 1.82) is 5.26 Å². The maximum Gasteiger partial charge on any atom is 0.149 e. The molecule has 0 aliphatic rings. The highest BCUT2D eigenvalue weighted by Crippen LogP contribution is 2.20. The van der Waals surface area contributed by atoms with Crippen LogP contribution in [0.5, 0.6) is 0 Å². The van der Waals surface area contributed by atoms with E-state index in [0.717, 1.165) is 21.5 Å². The molecule has 1 aromatic carbocycles. The Morgan fingerprint density at radius 1 is 1.11 bits per heavy atom. The average Bonchev–Trinajstić information content (AvgIpc) is 2.78. The van der Waals surface area contributed by atoms with Crippen LogP contribution in [-0.4, -0.2) is 9.38 Å². The van der Waals surface area contributed by atoms with Gasteiger partial charge in [-0.15, -0.1) is 0 Å². The van der Waals surface area contributed by atoms with Crippen molar-refractivity contribution >= 4 is 21.6 Å². The molecule has 3 nitrogen and oxygen atoms in total. The van der Waals surface area contributed by atoms with Crippen LogP contribution in [-0.2, 0) is 6.42 Å². The average molecular weight is 312 g/mol. The van der Waals surface area contributed by atoms with E-state index in [2.05, 4.69) is 27.0 Å². The van der Waals surface area contributed by atoms with Gasteiger partial charge in [-0.05, 0) is 33.6 Å². The Labute approximate surface area is 119 Å². The third-order valence-electron chi connectivity index (χ3n) is 2.99. The number of hydrogen-bond acceptors (Lipinski definition) is 2. The van der Waals surface area contributed by atoms with Gasteiger partial charge in [0.25, 0.3) is 0 Å². The molecule has 19 heavy (non-hydrogen) atoms. The molecule has 4 heteroatoms. The van der Waals surface area contributed by atoms with E-state index in [9.17, 15) is 5.26 Å². The molecule has 0 aliphatic carbocycles. The van der Waals surface area contributed by atoms with Crippen LogP contribution < -0.4 is 0 Å². The summed E-state index contributed by atoms with van der Waals surface area (Å²) in [5, 5.41) is 9.38. The van der Waals surface area contributed by atoms with Crippen LogP contribution in [0.3, 0.4) is 0 Å². The van der Waals surface area contributed by atoms with Gasteiger partial charge in [0, 0.05) is 6.42 Å². The summed E-state index contributed by atoms with van der Waals surface area (Å²) >= 11 is 3.46. The van der Waals surface area contributed by atoms with Crippen LogP contribution in [0.25, 0.3) is 5.65 Å². The van der Waals surface area contributed by atoms with Crippen molar-refractivity contribution in [2.24, 2.45) is 0 Å². The lowest BCUT2D eigenvalue weighted by Crippen LogP contribution is -1.94. The number of nitrogens with zero attached hydrogens (tertiary/aromatic N) is 3. The van der Waals surface area contributed by atoms with E-state index in [1.807, 2.05) is 52.9 Å². The first-order valence-corrected chi connectivity index (χ1v) is 6.69. The number of imidazole rings is 1. The van der Waals surface area contributed by atoms with Gasteiger partial charge in [0.15, 0.2) is 0 Å². The van der Waals surface area contributed by atoms with E-state index in [4.69, 9.17) is 0 Å². The zero-order valence-electron chi connectivity index (χ0n) is 10.0. The monoisotopic (exact) mass is 311 g/mol. The van der Waals surface area contributed by atoms with Gasteiger partial charge in [-0.25, -0.2) is 4.98 Å². The predicted molar refractivity (Wildman–Crippen MR) is 76.9 cm³/mol. The molecule has 0 fully saturated rings. The molecular formula is C15H10BrN3. The number of hydrogen-bond donors (Lipinski definition) is 0. The molecular weight excluding hydrogens is 302 g/mol. The van der Waals surface area contributed by atoms with E-state index >= 15 is 0 Å². The molecule has 0 N–H and O–H groups in total. The highest BCUT2D eigenvalue weighted by molar-refractivity contribution is 9.10. The van der Waals surface area contributed by atoms with Crippen molar-refractivity contribution < 1.29 is 0 Å². The highest BCUT2D eigenvalue weighted by Gasteiger charge is 2.13. The van der Waals surface area contributed by atoms with Crippen LogP contribution in [0.15, 0.2) is 53.1 Å². The molecule has 0 saturated carbocycles. The SMILES string of the molecule is N#Cc1c(Cc2ccccc2)nc2cccc(Br)n12. The summed E-state index contributed by atoms with van der Waals surface area (Å²) in [5.74, 6) is 0. The Kier molecular flexibility index (Phi) is 3.06. The number of aromatic nitrogens is 2. The molecule has 3 aromatic rings. The van der Waals surface area contributed by atoms with E-state index in [1.54, 1.807) is 0 Å². The van der Waals surface area contributed by atoms with Crippen molar-refractivity contribution in [3.63, 3.8) is 0 Å². The molecule has 2 heterocycles. The van der Waals surface area contributed by atoms with Crippen molar-refractivity contribution in [3.8, 4) is 6.07 Å². The lowest BCUT2D eigenvalue weighted by molar-refractivity contribution is 1.07. The lowest BCUT2D eigenvalue weighted by atomic mass is 10.1. The van der Waals surface area contributed by atoms with Crippen molar-refractivity contribution in [2.75, 3.05) is 0 Å². The molecule has 0 atom stereocenters. The second-order valence-corrected chi connectivity index (χ2v) is 5.04. The van der Waals surface area contributed by atoms with E-state index in [0.29, 0.717) is 12.1 Å². The highest BCUT2D eigenvalue weighted by atomic mass is 79.9. The Morgan fingerprint density at radius 2 is 1.89 bits per heavy atom. The molecule has 0 amide bonds. The maximum absolute atomic E-state index is 9.38. The molecule has 0 unspecified atom stereocenters. The molecule has 92 valence electrons. The third kappa shape index (κ3) is 2.13.